The van der Waals surface area contributed by atoms with E-state index in [2.05, 4.69) is 4.98 Å². The third kappa shape index (κ3) is 1.22. The predicted molar refractivity (Wildman–Crippen MR) is 45.3 cm³/mol. The molecule has 0 bridgehead atoms. The Bertz CT molecular complexity index is 290. The number of aliphatic carboxylic acids is 1. The molecule has 1 aromatic heterocycles. The zero-order chi connectivity index (χ0) is 8.60. The molecule has 4 heteroatoms. The van der Waals surface area contributed by atoms with Crippen LogP contribution in [0.25, 0.3) is 0 Å². The van der Waals surface area contributed by atoms with Crippen molar-refractivity contribution in [3.63, 3.8) is 0 Å². The Hall–Kier alpha value is -0.900. The molecular formula is C8H9NO2S. The van der Waals surface area contributed by atoms with Crippen molar-refractivity contribution in [3.8, 4) is 0 Å². The van der Waals surface area contributed by atoms with E-state index in [9.17, 15) is 4.79 Å². The number of hydrogen-bond donors (Lipinski definition) is 1. The molecule has 1 heterocycles. The van der Waals surface area contributed by atoms with E-state index in [1.807, 2.05) is 5.38 Å². The number of thiazole rings is 1. The maximum atomic E-state index is 10.5. The van der Waals surface area contributed by atoms with Gasteiger partial charge in [-0.15, -0.1) is 11.3 Å². The predicted octanol–water partition coefficient (Wildman–Crippen LogP) is 1.65. The van der Waals surface area contributed by atoms with Crippen molar-refractivity contribution in [2.75, 3.05) is 0 Å². The van der Waals surface area contributed by atoms with Crippen LogP contribution in [0.15, 0.2) is 10.9 Å². The lowest BCUT2D eigenvalue weighted by Gasteiger charge is -2.07. The number of rotatable bonds is 3. The third-order valence-corrected chi connectivity index (χ3v) is 2.91. The highest BCUT2D eigenvalue weighted by Gasteiger charge is 2.47. The fraction of sp³-hybridized carbons (Fsp3) is 0.500. The topological polar surface area (TPSA) is 50.2 Å². The van der Waals surface area contributed by atoms with Crippen LogP contribution in [0.1, 0.15) is 25.0 Å². The standard InChI is InChI=1S/C8H9NO2S/c10-7(11)3-8(1-2-8)6-4-12-5-9-6/h4-5H,1-3H2,(H,10,11). The fourth-order valence-electron chi connectivity index (χ4n) is 1.44. The molecular weight excluding hydrogens is 174 g/mol. The molecule has 64 valence electrons. The summed E-state index contributed by atoms with van der Waals surface area (Å²) in [6.45, 7) is 0. The van der Waals surface area contributed by atoms with Gasteiger partial charge >= 0.3 is 5.97 Å². The van der Waals surface area contributed by atoms with Gasteiger partial charge in [-0.25, -0.2) is 4.98 Å². The van der Waals surface area contributed by atoms with Gasteiger partial charge in [0.15, 0.2) is 0 Å². The first kappa shape index (κ1) is 7.73. The summed E-state index contributed by atoms with van der Waals surface area (Å²) in [6.07, 6.45) is 2.18. The highest BCUT2D eigenvalue weighted by molar-refractivity contribution is 7.07. The summed E-state index contributed by atoms with van der Waals surface area (Å²) in [5, 5.41) is 10.6. The Morgan fingerprint density at radius 2 is 2.50 bits per heavy atom. The number of nitrogens with zero attached hydrogens (tertiary/aromatic N) is 1. The Labute approximate surface area is 74.1 Å². The van der Waals surface area contributed by atoms with Gasteiger partial charge in [0.05, 0.1) is 17.6 Å². The molecule has 0 unspecified atom stereocenters. The van der Waals surface area contributed by atoms with Gasteiger partial charge < -0.3 is 5.11 Å². The van der Waals surface area contributed by atoms with Crippen LogP contribution in [0, 0.1) is 0 Å². The van der Waals surface area contributed by atoms with Gasteiger partial charge in [-0.3, -0.25) is 4.79 Å². The van der Waals surface area contributed by atoms with Gasteiger partial charge in [-0.05, 0) is 12.8 Å². The molecule has 2 rings (SSSR count). The Kier molecular flexibility index (Phi) is 1.65. The molecule has 0 atom stereocenters. The number of carbonyl (C=O) groups is 1. The van der Waals surface area contributed by atoms with Crippen LogP contribution >= 0.6 is 11.3 Å². The second-order valence-corrected chi connectivity index (χ2v) is 3.94. The second kappa shape index (κ2) is 2.55. The molecule has 0 radical (unpaired) electrons. The summed E-state index contributed by atoms with van der Waals surface area (Å²) in [5.74, 6) is -0.722. The van der Waals surface area contributed by atoms with Crippen molar-refractivity contribution in [2.45, 2.75) is 24.7 Å². The van der Waals surface area contributed by atoms with Crippen molar-refractivity contribution < 1.29 is 9.90 Å². The normalized spacial score (nSPS) is 19.0. The lowest BCUT2D eigenvalue weighted by molar-refractivity contribution is -0.137. The van der Waals surface area contributed by atoms with Crippen molar-refractivity contribution in [3.05, 3.63) is 16.6 Å². The molecule has 0 spiro atoms. The van der Waals surface area contributed by atoms with E-state index in [-0.39, 0.29) is 11.8 Å². The Morgan fingerprint density at radius 3 is 2.92 bits per heavy atom. The molecule has 0 aliphatic heterocycles. The van der Waals surface area contributed by atoms with Gasteiger partial charge in [0.1, 0.15) is 0 Å². The molecule has 0 saturated heterocycles. The SMILES string of the molecule is O=C(O)CC1(c2cscn2)CC1. The third-order valence-electron chi connectivity index (χ3n) is 2.32. The lowest BCUT2D eigenvalue weighted by Crippen LogP contribution is -2.12. The van der Waals surface area contributed by atoms with Crippen LogP contribution in [-0.2, 0) is 10.2 Å². The maximum absolute atomic E-state index is 10.5. The zero-order valence-corrected chi connectivity index (χ0v) is 7.30. The van der Waals surface area contributed by atoms with Crippen LogP contribution in [0.4, 0.5) is 0 Å². The Balaban J connectivity index is 2.17. The van der Waals surface area contributed by atoms with Gasteiger partial charge in [0.2, 0.25) is 0 Å². The number of carboxylic acids is 1. The van der Waals surface area contributed by atoms with E-state index in [0.717, 1.165) is 18.5 Å². The second-order valence-electron chi connectivity index (χ2n) is 3.22. The smallest absolute Gasteiger partial charge is 0.304 e. The summed E-state index contributed by atoms with van der Waals surface area (Å²) in [5.41, 5.74) is 2.62. The van der Waals surface area contributed by atoms with Gasteiger partial charge in [-0.2, -0.15) is 0 Å². The van der Waals surface area contributed by atoms with Gasteiger partial charge in [0.25, 0.3) is 0 Å². The van der Waals surface area contributed by atoms with E-state index in [0.29, 0.717) is 0 Å². The number of hydrogen-bond acceptors (Lipinski definition) is 3. The van der Waals surface area contributed by atoms with Crippen molar-refractivity contribution in [1.82, 2.24) is 4.98 Å². The molecule has 1 aromatic rings. The van der Waals surface area contributed by atoms with Crippen molar-refractivity contribution >= 4 is 17.3 Å². The maximum Gasteiger partial charge on any atom is 0.304 e. The fourth-order valence-corrected chi connectivity index (χ4v) is 2.11. The van der Waals surface area contributed by atoms with E-state index in [4.69, 9.17) is 5.11 Å². The first-order valence-electron chi connectivity index (χ1n) is 3.83. The molecule has 12 heavy (non-hydrogen) atoms. The molecule has 1 saturated carbocycles. The van der Waals surface area contributed by atoms with E-state index >= 15 is 0 Å². The molecule has 0 amide bonds. The number of carboxylic acid groups (broad SMARTS) is 1. The molecule has 1 fully saturated rings. The average molecular weight is 183 g/mol. The summed E-state index contributed by atoms with van der Waals surface area (Å²) < 4.78 is 0. The monoisotopic (exact) mass is 183 g/mol. The summed E-state index contributed by atoms with van der Waals surface area (Å²) in [6, 6.07) is 0. The van der Waals surface area contributed by atoms with Crippen LogP contribution in [0.3, 0.4) is 0 Å². The minimum Gasteiger partial charge on any atom is -0.481 e. The van der Waals surface area contributed by atoms with Crippen LogP contribution in [0.2, 0.25) is 0 Å². The molecule has 1 N–H and O–H groups in total. The van der Waals surface area contributed by atoms with Crippen LogP contribution in [-0.4, -0.2) is 16.1 Å². The summed E-state index contributed by atoms with van der Waals surface area (Å²) in [7, 11) is 0. The minimum atomic E-state index is -0.722. The lowest BCUT2D eigenvalue weighted by atomic mass is 9.99. The molecule has 1 aliphatic rings. The minimum absolute atomic E-state index is 0.105. The average Bonchev–Trinajstić information content (AvgIpc) is 2.61. The Morgan fingerprint density at radius 1 is 1.75 bits per heavy atom. The molecule has 1 aliphatic carbocycles. The van der Waals surface area contributed by atoms with Crippen LogP contribution < -0.4 is 0 Å². The quantitative estimate of drug-likeness (QED) is 0.775. The van der Waals surface area contributed by atoms with E-state index < -0.39 is 5.97 Å². The highest BCUT2D eigenvalue weighted by atomic mass is 32.1. The number of aromatic nitrogens is 1. The summed E-state index contributed by atoms with van der Waals surface area (Å²) in [4.78, 5) is 14.7. The first-order chi connectivity index (χ1) is 5.73. The van der Waals surface area contributed by atoms with Crippen LogP contribution in [0.5, 0.6) is 0 Å². The summed E-state index contributed by atoms with van der Waals surface area (Å²) >= 11 is 1.53. The molecule has 3 nitrogen and oxygen atoms in total. The van der Waals surface area contributed by atoms with Gasteiger partial charge in [0, 0.05) is 10.8 Å². The van der Waals surface area contributed by atoms with E-state index in [1.165, 1.54) is 11.3 Å². The van der Waals surface area contributed by atoms with Gasteiger partial charge in [-0.1, -0.05) is 0 Å². The molecule has 0 aromatic carbocycles. The largest absolute Gasteiger partial charge is 0.481 e. The highest BCUT2D eigenvalue weighted by Crippen LogP contribution is 2.50. The van der Waals surface area contributed by atoms with Crippen molar-refractivity contribution in [1.29, 1.82) is 0 Å². The first-order valence-corrected chi connectivity index (χ1v) is 4.78. The van der Waals surface area contributed by atoms with E-state index in [1.54, 1.807) is 5.51 Å². The zero-order valence-electron chi connectivity index (χ0n) is 6.49. The van der Waals surface area contributed by atoms with Crippen molar-refractivity contribution in [2.24, 2.45) is 0 Å².